The number of aryl methyl sites for hydroxylation is 1. The van der Waals surface area contributed by atoms with Gasteiger partial charge in [-0.3, -0.25) is 4.79 Å². The highest BCUT2D eigenvalue weighted by atomic mass is 16.5. The third-order valence-electron chi connectivity index (χ3n) is 4.31. The van der Waals surface area contributed by atoms with Gasteiger partial charge in [0.2, 0.25) is 5.56 Å². The number of hydrogen-bond acceptors (Lipinski definition) is 3. The molecular formula is C18H22N2O2. The first-order valence-corrected chi connectivity index (χ1v) is 7.88. The summed E-state index contributed by atoms with van der Waals surface area (Å²) in [5, 5.41) is 0. The van der Waals surface area contributed by atoms with Crippen LogP contribution in [0, 0.1) is 0 Å². The molecule has 4 heteroatoms. The van der Waals surface area contributed by atoms with Crippen molar-refractivity contribution in [3.8, 4) is 17.0 Å². The van der Waals surface area contributed by atoms with E-state index in [-0.39, 0.29) is 5.56 Å². The second kappa shape index (κ2) is 6.26. The van der Waals surface area contributed by atoms with Gasteiger partial charge in [0.25, 0.3) is 0 Å². The number of benzene rings is 1. The van der Waals surface area contributed by atoms with E-state index >= 15 is 0 Å². The molecule has 0 bridgehead atoms. The number of methoxy groups -OCH3 is 1. The van der Waals surface area contributed by atoms with Gasteiger partial charge in [0, 0.05) is 36.5 Å². The van der Waals surface area contributed by atoms with Crippen LogP contribution in [0.4, 0.5) is 5.69 Å². The van der Waals surface area contributed by atoms with Crippen LogP contribution in [0.3, 0.4) is 0 Å². The average Bonchev–Trinajstić information content (AvgIpc) is 3.08. The Morgan fingerprint density at radius 2 is 1.95 bits per heavy atom. The number of nitrogens with zero attached hydrogens (tertiary/aromatic N) is 1. The van der Waals surface area contributed by atoms with Crippen molar-refractivity contribution in [2.75, 3.05) is 25.1 Å². The lowest BCUT2D eigenvalue weighted by Crippen LogP contribution is -2.17. The number of H-pyrrole nitrogens is 1. The van der Waals surface area contributed by atoms with Crippen LogP contribution in [0.25, 0.3) is 11.3 Å². The molecule has 2 heterocycles. The Labute approximate surface area is 130 Å². The van der Waals surface area contributed by atoms with Crippen LogP contribution in [0.5, 0.6) is 5.75 Å². The molecule has 1 aliphatic rings. The Balaban J connectivity index is 2.07. The zero-order valence-corrected chi connectivity index (χ0v) is 13.2. The van der Waals surface area contributed by atoms with Crippen LogP contribution in [0.2, 0.25) is 0 Å². The molecule has 0 amide bonds. The van der Waals surface area contributed by atoms with Crippen LogP contribution in [-0.4, -0.2) is 25.2 Å². The maximum atomic E-state index is 11.7. The van der Waals surface area contributed by atoms with Crippen LogP contribution in [-0.2, 0) is 6.42 Å². The van der Waals surface area contributed by atoms with Gasteiger partial charge in [-0.2, -0.15) is 0 Å². The van der Waals surface area contributed by atoms with E-state index in [4.69, 9.17) is 4.74 Å². The Morgan fingerprint density at radius 3 is 2.64 bits per heavy atom. The standard InChI is InChI=1S/C18H22N2O2/c1-3-13-6-9-17(21)19-18(13)15-8-7-14(12-16(15)22-2)20-10-4-5-11-20/h6-9,12H,3-5,10-11H2,1-2H3,(H,19,21). The summed E-state index contributed by atoms with van der Waals surface area (Å²) in [7, 11) is 1.68. The van der Waals surface area contributed by atoms with Crippen molar-refractivity contribution in [3.05, 3.63) is 46.2 Å². The Bertz CT molecular complexity index is 715. The average molecular weight is 298 g/mol. The maximum Gasteiger partial charge on any atom is 0.248 e. The number of aromatic nitrogens is 1. The molecule has 1 aromatic heterocycles. The lowest BCUT2D eigenvalue weighted by Gasteiger charge is -2.20. The topological polar surface area (TPSA) is 45.3 Å². The van der Waals surface area contributed by atoms with E-state index in [1.165, 1.54) is 18.5 Å². The fourth-order valence-electron chi connectivity index (χ4n) is 3.10. The minimum atomic E-state index is -0.0853. The summed E-state index contributed by atoms with van der Waals surface area (Å²) >= 11 is 0. The monoisotopic (exact) mass is 298 g/mol. The summed E-state index contributed by atoms with van der Waals surface area (Å²) in [4.78, 5) is 17.0. The predicted molar refractivity (Wildman–Crippen MR) is 89.9 cm³/mol. The van der Waals surface area contributed by atoms with E-state index in [0.29, 0.717) is 0 Å². The fourth-order valence-corrected chi connectivity index (χ4v) is 3.10. The molecular weight excluding hydrogens is 276 g/mol. The van der Waals surface area contributed by atoms with Gasteiger partial charge in [0.05, 0.1) is 12.8 Å². The SMILES string of the molecule is CCc1ccc(=O)[nH]c1-c1ccc(N2CCCC2)cc1OC. The molecule has 4 nitrogen and oxygen atoms in total. The highest BCUT2D eigenvalue weighted by molar-refractivity contribution is 5.73. The van der Waals surface area contributed by atoms with Crippen molar-refractivity contribution in [3.63, 3.8) is 0 Å². The van der Waals surface area contributed by atoms with Crippen LogP contribution in [0.15, 0.2) is 35.1 Å². The molecule has 1 saturated heterocycles. The predicted octanol–water partition coefficient (Wildman–Crippen LogP) is 3.21. The van der Waals surface area contributed by atoms with Crippen molar-refractivity contribution in [1.82, 2.24) is 4.98 Å². The molecule has 116 valence electrons. The van der Waals surface area contributed by atoms with E-state index in [2.05, 4.69) is 35.0 Å². The Kier molecular flexibility index (Phi) is 4.18. The summed E-state index contributed by atoms with van der Waals surface area (Å²) in [5.41, 5.74) is 4.03. The van der Waals surface area contributed by atoms with Crippen molar-refractivity contribution < 1.29 is 4.74 Å². The van der Waals surface area contributed by atoms with Crippen LogP contribution >= 0.6 is 0 Å². The van der Waals surface area contributed by atoms with Gasteiger partial charge < -0.3 is 14.6 Å². The highest BCUT2D eigenvalue weighted by Gasteiger charge is 2.16. The quantitative estimate of drug-likeness (QED) is 0.942. The maximum absolute atomic E-state index is 11.7. The number of hydrogen-bond donors (Lipinski definition) is 1. The van der Waals surface area contributed by atoms with E-state index in [1.807, 2.05) is 6.07 Å². The van der Waals surface area contributed by atoms with Crippen molar-refractivity contribution in [1.29, 1.82) is 0 Å². The lowest BCUT2D eigenvalue weighted by molar-refractivity contribution is 0.416. The summed E-state index contributed by atoms with van der Waals surface area (Å²) in [6.45, 7) is 4.29. The molecule has 0 aliphatic carbocycles. The molecule has 3 rings (SSSR count). The van der Waals surface area contributed by atoms with Crippen LogP contribution < -0.4 is 15.2 Å². The summed E-state index contributed by atoms with van der Waals surface area (Å²) in [6, 6.07) is 9.71. The third-order valence-corrected chi connectivity index (χ3v) is 4.31. The van der Waals surface area contributed by atoms with Gasteiger partial charge in [-0.05, 0) is 37.0 Å². The van der Waals surface area contributed by atoms with E-state index in [0.717, 1.165) is 42.1 Å². The molecule has 0 atom stereocenters. The molecule has 0 saturated carbocycles. The van der Waals surface area contributed by atoms with Gasteiger partial charge in [-0.15, -0.1) is 0 Å². The second-order valence-electron chi connectivity index (χ2n) is 5.66. The van der Waals surface area contributed by atoms with Crippen molar-refractivity contribution in [2.45, 2.75) is 26.2 Å². The third kappa shape index (κ3) is 2.73. The molecule has 1 N–H and O–H groups in total. The minimum Gasteiger partial charge on any atom is -0.496 e. The van der Waals surface area contributed by atoms with Crippen molar-refractivity contribution in [2.24, 2.45) is 0 Å². The van der Waals surface area contributed by atoms with E-state index < -0.39 is 0 Å². The zero-order chi connectivity index (χ0) is 15.5. The summed E-state index contributed by atoms with van der Waals surface area (Å²) in [5.74, 6) is 0.806. The molecule has 0 radical (unpaired) electrons. The molecule has 1 aromatic carbocycles. The number of ether oxygens (including phenoxy) is 1. The Hall–Kier alpha value is -2.23. The van der Waals surface area contributed by atoms with Gasteiger partial charge >= 0.3 is 0 Å². The smallest absolute Gasteiger partial charge is 0.248 e. The van der Waals surface area contributed by atoms with Gasteiger partial charge in [-0.1, -0.05) is 13.0 Å². The van der Waals surface area contributed by atoms with E-state index in [1.54, 1.807) is 13.2 Å². The minimum absolute atomic E-state index is 0.0853. The van der Waals surface area contributed by atoms with E-state index in [9.17, 15) is 4.79 Å². The number of anilines is 1. The molecule has 1 aliphatic heterocycles. The van der Waals surface area contributed by atoms with Gasteiger partial charge in [-0.25, -0.2) is 0 Å². The highest BCUT2D eigenvalue weighted by Crippen LogP contribution is 2.34. The second-order valence-corrected chi connectivity index (χ2v) is 5.66. The first kappa shape index (κ1) is 14.7. The Morgan fingerprint density at radius 1 is 1.18 bits per heavy atom. The van der Waals surface area contributed by atoms with Crippen LogP contribution in [0.1, 0.15) is 25.3 Å². The summed E-state index contributed by atoms with van der Waals surface area (Å²) < 4.78 is 5.59. The molecule has 22 heavy (non-hydrogen) atoms. The molecule has 0 spiro atoms. The number of aromatic amines is 1. The number of nitrogens with one attached hydrogen (secondary N) is 1. The normalized spacial score (nSPS) is 14.4. The molecule has 2 aromatic rings. The fraction of sp³-hybridized carbons (Fsp3) is 0.389. The number of pyridine rings is 1. The van der Waals surface area contributed by atoms with Crippen molar-refractivity contribution >= 4 is 5.69 Å². The lowest BCUT2D eigenvalue weighted by atomic mass is 10.0. The van der Waals surface area contributed by atoms with Gasteiger partial charge in [0.1, 0.15) is 5.75 Å². The molecule has 0 unspecified atom stereocenters. The summed E-state index contributed by atoms with van der Waals surface area (Å²) in [6.07, 6.45) is 3.36. The molecule has 1 fully saturated rings. The first-order valence-electron chi connectivity index (χ1n) is 7.88. The first-order chi connectivity index (χ1) is 10.7. The number of rotatable bonds is 4. The zero-order valence-electron chi connectivity index (χ0n) is 13.2. The largest absolute Gasteiger partial charge is 0.496 e. The van der Waals surface area contributed by atoms with Gasteiger partial charge in [0.15, 0.2) is 0 Å².